The van der Waals surface area contributed by atoms with E-state index >= 15 is 0 Å². The second kappa shape index (κ2) is 5.91. The zero-order valence-electron chi connectivity index (χ0n) is 10.9. The zero-order chi connectivity index (χ0) is 13.0. The van der Waals surface area contributed by atoms with Crippen LogP contribution in [0, 0.1) is 0 Å². The molecule has 0 amide bonds. The summed E-state index contributed by atoms with van der Waals surface area (Å²) >= 11 is 0. The van der Waals surface area contributed by atoms with Gasteiger partial charge in [0.2, 0.25) is 0 Å². The molecule has 0 aliphatic heterocycles. The summed E-state index contributed by atoms with van der Waals surface area (Å²) in [6.45, 7) is 2.59. The Kier molecular flexibility index (Phi) is 4.25. The highest BCUT2D eigenvalue weighted by Gasteiger charge is 2.32. The van der Waals surface area contributed by atoms with Crippen molar-refractivity contribution in [3.63, 3.8) is 0 Å². The monoisotopic (exact) mass is 249 g/mol. The van der Waals surface area contributed by atoms with Crippen molar-refractivity contribution < 1.29 is 9.53 Å². The maximum Gasteiger partial charge on any atom is 0.322 e. The molecular formula is C13H19N3O2. The minimum absolute atomic E-state index is 0.182. The van der Waals surface area contributed by atoms with Crippen LogP contribution >= 0.6 is 0 Å². The summed E-state index contributed by atoms with van der Waals surface area (Å²) in [6, 6.07) is 0.250. The van der Waals surface area contributed by atoms with Gasteiger partial charge in [-0.2, -0.15) is 0 Å². The quantitative estimate of drug-likeness (QED) is 0.738. The van der Waals surface area contributed by atoms with Gasteiger partial charge in [-0.3, -0.25) is 9.69 Å². The van der Waals surface area contributed by atoms with Gasteiger partial charge in [0.1, 0.15) is 12.4 Å². The number of ether oxygens (including phenoxy) is 1. The van der Waals surface area contributed by atoms with Gasteiger partial charge in [-0.05, 0) is 19.8 Å². The molecule has 1 saturated carbocycles. The molecule has 0 spiro atoms. The lowest BCUT2D eigenvalue weighted by atomic mass is 9.90. The molecule has 1 aliphatic carbocycles. The van der Waals surface area contributed by atoms with E-state index in [1.54, 1.807) is 12.4 Å². The first-order valence-electron chi connectivity index (χ1n) is 6.30. The van der Waals surface area contributed by atoms with Gasteiger partial charge in [-0.1, -0.05) is 6.42 Å². The van der Waals surface area contributed by atoms with Crippen molar-refractivity contribution in [1.82, 2.24) is 14.9 Å². The van der Waals surface area contributed by atoms with Crippen molar-refractivity contribution in [3.05, 3.63) is 24.3 Å². The predicted molar refractivity (Wildman–Crippen MR) is 66.7 cm³/mol. The molecule has 2 rings (SSSR count). The molecule has 1 aromatic rings. The number of hydrogen-bond acceptors (Lipinski definition) is 5. The fraction of sp³-hybridized carbons (Fsp3) is 0.615. The van der Waals surface area contributed by atoms with E-state index in [0.717, 1.165) is 18.4 Å². The van der Waals surface area contributed by atoms with Crippen LogP contribution in [0.1, 0.15) is 31.7 Å². The molecule has 5 heteroatoms. The molecule has 0 saturated heterocycles. The third kappa shape index (κ3) is 2.85. The highest BCUT2D eigenvalue weighted by Crippen LogP contribution is 2.28. The standard InChI is InChI=1S/C13H19N3O2/c1-10(13(17)18-2)16(12-4-3-5-12)8-11-6-14-9-15-7-11/h6-7,9-10,12H,3-5,8H2,1-2H3/t10-/m0/s1. The third-order valence-corrected chi connectivity index (χ3v) is 3.56. The number of carbonyl (C=O) groups excluding carboxylic acids is 1. The van der Waals surface area contributed by atoms with Gasteiger partial charge >= 0.3 is 5.97 Å². The summed E-state index contributed by atoms with van der Waals surface area (Å²) in [5.74, 6) is -0.182. The molecule has 0 unspecified atom stereocenters. The topological polar surface area (TPSA) is 55.3 Å². The summed E-state index contributed by atoms with van der Waals surface area (Å²) in [4.78, 5) is 21.9. The number of esters is 1. The first-order chi connectivity index (χ1) is 8.72. The lowest BCUT2D eigenvalue weighted by Crippen LogP contribution is -2.48. The Labute approximate surface area is 107 Å². The minimum atomic E-state index is -0.222. The molecular weight excluding hydrogens is 230 g/mol. The molecule has 0 bridgehead atoms. The highest BCUT2D eigenvalue weighted by molar-refractivity contribution is 5.75. The maximum absolute atomic E-state index is 11.7. The number of carbonyl (C=O) groups is 1. The van der Waals surface area contributed by atoms with E-state index in [-0.39, 0.29) is 12.0 Å². The zero-order valence-corrected chi connectivity index (χ0v) is 10.9. The Morgan fingerprint density at radius 3 is 2.67 bits per heavy atom. The van der Waals surface area contributed by atoms with Gasteiger partial charge in [-0.15, -0.1) is 0 Å². The fourth-order valence-electron chi connectivity index (χ4n) is 2.23. The molecule has 1 aliphatic rings. The Morgan fingerprint density at radius 1 is 1.50 bits per heavy atom. The smallest absolute Gasteiger partial charge is 0.322 e. The van der Waals surface area contributed by atoms with Crippen LogP contribution < -0.4 is 0 Å². The molecule has 1 atom stereocenters. The number of nitrogens with zero attached hydrogens (tertiary/aromatic N) is 3. The number of aromatic nitrogens is 2. The fourth-order valence-corrected chi connectivity index (χ4v) is 2.23. The van der Waals surface area contributed by atoms with Gasteiger partial charge in [0, 0.05) is 30.5 Å². The van der Waals surface area contributed by atoms with Crippen LogP contribution in [0.3, 0.4) is 0 Å². The van der Waals surface area contributed by atoms with Gasteiger partial charge in [0.25, 0.3) is 0 Å². The minimum Gasteiger partial charge on any atom is -0.468 e. The number of methoxy groups -OCH3 is 1. The van der Waals surface area contributed by atoms with E-state index in [9.17, 15) is 4.79 Å². The lowest BCUT2D eigenvalue weighted by molar-refractivity contribution is -0.148. The first kappa shape index (κ1) is 13.0. The van der Waals surface area contributed by atoms with Crippen LogP contribution in [-0.4, -0.2) is 40.0 Å². The molecule has 0 aromatic carbocycles. The molecule has 98 valence electrons. The largest absolute Gasteiger partial charge is 0.468 e. The number of rotatable bonds is 5. The Bertz CT molecular complexity index is 392. The SMILES string of the molecule is COC(=O)[C@H](C)N(Cc1cncnc1)C1CCC1. The van der Waals surface area contributed by atoms with Crippen LogP contribution in [-0.2, 0) is 16.1 Å². The van der Waals surface area contributed by atoms with E-state index in [1.165, 1.54) is 19.9 Å². The van der Waals surface area contributed by atoms with E-state index in [1.807, 2.05) is 6.92 Å². The Morgan fingerprint density at radius 2 is 2.17 bits per heavy atom. The second-order valence-corrected chi connectivity index (χ2v) is 4.70. The molecule has 18 heavy (non-hydrogen) atoms. The molecule has 0 radical (unpaired) electrons. The molecule has 1 heterocycles. The Hall–Kier alpha value is -1.49. The van der Waals surface area contributed by atoms with E-state index in [4.69, 9.17) is 4.74 Å². The van der Waals surface area contributed by atoms with Crippen molar-refractivity contribution >= 4 is 5.97 Å². The van der Waals surface area contributed by atoms with Gasteiger partial charge in [-0.25, -0.2) is 9.97 Å². The summed E-state index contributed by atoms with van der Waals surface area (Å²) in [5.41, 5.74) is 1.03. The highest BCUT2D eigenvalue weighted by atomic mass is 16.5. The van der Waals surface area contributed by atoms with E-state index in [0.29, 0.717) is 12.6 Å². The molecule has 0 N–H and O–H groups in total. The van der Waals surface area contributed by atoms with Gasteiger partial charge < -0.3 is 4.74 Å². The van der Waals surface area contributed by atoms with Crippen LogP contribution in [0.15, 0.2) is 18.7 Å². The summed E-state index contributed by atoms with van der Waals surface area (Å²) < 4.78 is 4.84. The third-order valence-electron chi connectivity index (χ3n) is 3.56. The van der Waals surface area contributed by atoms with Crippen molar-refractivity contribution in [2.24, 2.45) is 0 Å². The lowest BCUT2D eigenvalue weighted by Gasteiger charge is -2.40. The van der Waals surface area contributed by atoms with E-state index < -0.39 is 0 Å². The Balaban J connectivity index is 2.07. The van der Waals surface area contributed by atoms with Gasteiger partial charge in [0.15, 0.2) is 0 Å². The predicted octanol–water partition coefficient (Wildman–Crippen LogP) is 1.39. The average Bonchev–Trinajstić information content (AvgIpc) is 2.35. The maximum atomic E-state index is 11.7. The number of hydrogen-bond donors (Lipinski definition) is 0. The van der Waals surface area contributed by atoms with Crippen molar-refractivity contribution in [1.29, 1.82) is 0 Å². The van der Waals surface area contributed by atoms with Gasteiger partial charge in [0.05, 0.1) is 7.11 Å². The second-order valence-electron chi connectivity index (χ2n) is 4.70. The summed E-state index contributed by atoms with van der Waals surface area (Å²) in [5, 5.41) is 0. The molecule has 1 aromatic heterocycles. The first-order valence-corrected chi connectivity index (χ1v) is 6.30. The van der Waals surface area contributed by atoms with Crippen molar-refractivity contribution in [2.75, 3.05) is 7.11 Å². The van der Waals surface area contributed by atoms with Crippen LogP contribution in [0.25, 0.3) is 0 Å². The molecule has 1 fully saturated rings. The van der Waals surface area contributed by atoms with E-state index in [2.05, 4.69) is 14.9 Å². The summed E-state index contributed by atoms with van der Waals surface area (Å²) in [7, 11) is 1.43. The van der Waals surface area contributed by atoms with Crippen molar-refractivity contribution in [3.8, 4) is 0 Å². The molecule has 5 nitrogen and oxygen atoms in total. The van der Waals surface area contributed by atoms with Crippen LogP contribution in [0.2, 0.25) is 0 Å². The average molecular weight is 249 g/mol. The van der Waals surface area contributed by atoms with Crippen LogP contribution in [0.4, 0.5) is 0 Å². The summed E-state index contributed by atoms with van der Waals surface area (Å²) in [6.07, 6.45) is 8.64. The van der Waals surface area contributed by atoms with Crippen molar-refractivity contribution in [2.45, 2.75) is 44.8 Å². The van der Waals surface area contributed by atoms with Crippen LogP contribution in [0.5, 0.6) is 0 Å². The normalized spacial score (nSPS) is 17.3.